The number of hydrogen-bond acceptors (Lipinski definition) is 5. The molecule has 1 aromatic heterocycles. The summed E-state index contributed by atoms with van der Waals surface area (Å²) < 4.78 is 47.2. The molecule has 184 valence electrons. The Kier molecular flexibility index (Phi) is 8.40. The van der Waals surface area contributed by atoms with Gasteiger partial charge in [0.15, 0.2) is 11.6 Å². The molecule has 1 heterocycles. The summed E-state index contributed by atoms with van der Waals surface area (Å²) >= 11 is 12.1. The number of benzene rings is 2. The Bertz CT molecular complexity index is 1400. The number of nitriles is 1. The van der Waals surface area contributed by atoms with E-state index in [9.17, 15) is 13.2 Å². The summed E-state index contributed by atoms with van der Waals surface area (Å²) in [6, 6.07) is 10.1. The summed E-state index contributed by atoms with van der Waals surface area (Å²) in [5, 5.41) is 11.8. The number of H-pyrrole nitrogens is 1. The Morgan fingerprint density at radius 3 is 2.57 bits per heavy atom. The van der Waals surface area contributed by atoms with Crippen molar-refractivity contribution < 1.29 is 22.3 Å². The van der Waals surface area contributed by atoms with E-state index < -0.39 is 21.7 Å². The first-order valence-corrected chi connectivity index (χ1v) is 12.6. The molecule has 0 atom stereocenters. The first-order chi connectivity index (χ1) is 16.6. The van der Waals surface area contributed by atoms with E-state index >= 15 is 4.39 Å². The number of aromatic nitrogens is 1. The van der Waals surface area contributed by atoms with E-state index in [0.717, 1.165) is 0 Å². The minimum Gasteiger partial charge on any atom is -0.453 e. The lowest BCUT2D eigenvalue weighted by Crippen LogP contribution is -2.30. The number of amides is 1. The number of halogens is 3. The third kappa shape index (κ3) is 5.94. The fraction of sp³-hybridized carbons (Fsp3) is 0.217. The van der Waals surface area contributed by atoms with Crippen molar-refractivity contribution in [2.75, 3.05) is 13.1 Å². The number of nitrogens with zero attached hydrogens (tertiary/aromatic N) is 2. The molecule has 12 heteroatoms. The standard InChI is InChI=1S/C23H21Cl2FN4O4S/c1-3-30(4-2)35(32,33)18-10-20(28-13-18)23(31)29-12-15-5-6-19(25)22(21(15)26)34-17-8-14(11-27)7-16(24)9-17/h5-10,13,28H,3-4,12H2,1-2H3,(H,29,31). The van der Waals surface area contributed by atoms with Crippen LogP contribution in [0.25, 0.3) is 0 Å². The van der Waals surface area contributed by atoms with Gasteiger partial charge in [0.2, 0.25) is 10.0 Å². The quantitative estimate of drug-likeness (QED) is 0.393. The second-order valence-electron chi connectivity index (χ2n) is 7.26. The maximum absolute atomic E-state index is 15.1. The molecule has 0 saturated heterocycles. The number of carbonyl (C=O) groups excluding carboxylic acids is 1. The molecule has 1 amide bonds. The van der Waals surface area contributed by atoms with Crippen molar-refractivity contribution in [3.05, 3.63) is 75.3 Å². The van der Waals surface area contributed by atoms with Crippen LogP contribution < -0.4 is 10.1 Å². The molecule has 0 aliphatic carbocycles. The third-order valence-electron chi connectivity index (χ3n) is 5.03. The summed E-state index contributed by atoms with van der Waals surface area (Å²) in [6.45, 7) is 3.79. The van der Waals surface area contributed by atoms with Crippen LogP contribution in [-0.2, 0) is 16.6 Å². The van der Waals surface area contributed by atoms with Gasteiger partial charge < -0.3 is 15.0 Å². The molecule has 0 bridgehead atoms. The van der Waals surface area contributed by atoms with Crippen LogP contribution in [0.3, 0.4) is 0 Å². The minimum atomic E-state index is -3.73. The molecule has 0 spiro atoms. The highest BCUT2D eigenvalue weighted by Gasteiger charge is 2.24. The van der Waals surface area contributed by atoms with E-state index in [-0.39, 0.29) is 49.8 Å². The van der Waals surface area contributed by atoms with Gasteiger partial charge in [0.1, 0.15) is 16.3 Å². The van der Waals surface area contributed by atoms with Crippen molar-refractivity contribution in [3.63, 3.8) is 0 Å². The molecule has 2 N–H and O–H groups in total. The van der Waals surface area contributed by atoms with Gasteiger partial charge in [-0.2, -0.15) is 9.57 Å². The number of carbonyl (C=O) groups is 1. The maximum Gasteiger partial charge on any atom is 0.268 e. The van der Waals surface area contributed by atoms with Crippen LogP contribution in [0.5, 0.6) is 11.5 Å². The van der Waals surface area contributed by atoms with Crippen LogP contribution in [-0.4, -0.2) is 36.7 Å². The number of aromatic amines is 1. The Morgan fingerprint density at radius 2 is 1.91 bits per heavy atom. The highest BCUT2D eigenvalue weighted by Crippen LogP contribution is 2.35. The second kappa shape index (κ2) is 11.1. The van der Waals surface area contributed by atoms with Crippen molar-refractivity contribution in [1.82, 2.24) is 14.6 Å². The molecule has 0 fully saturated rings. The molecule has 3 aromatic rings. The zero-order valence-electron chi connectivity index (χ0n) is 18.7. The van der Waals surface area contributed by atoms with Gasteiger partial charge in [-0.15, -0.1) is 0 Å². The first-order valence-electron chi connectivity index (χ1n) is 10.4. The van der Waals surface area contributed by atoms with Gasteiger partial charge in [0, 0.05) is 36.4 Å². The molecular weight excluding hydrogens is 518 g/mol. The molecule has 0 saturated carbocycles. The highest BCUT2D eigenvalue weighted by molar-refractivity contribution is 7.89. The van der Waals surface area contributed by atoms with E-state index in [1.165, 1.54) is 46.9 Å². The molecule has 0 aliphatic heterocycles. The SMILES string of the molecule is CCN(CC)S(=O)(=O)c1c[nH]c(C(=O)NCc2ccc(Cl)c(Oc3cc(Cl)cc(C#N)c3)c2F)c1. The van der Waals surface area contributed by atoms with Crippen LogP contribution in [0.2, 0.25) is 10.0 Å². The normalized spacial score (nSPS) is 11.3. The zero-order valence-corrected chi connectivity index (χ0v) is 21.1. The molecule has 0 radical (unpaired) electrons. The predicted molar refractivity (Wildman–Crippen MR) is 130 cm³/mol. The molecule has 0 aliphatic rings. The largest absolute Gasteiger partial charge is 0.453 e. The van der Waals surface area contributed by atoms with Crippen molar-refractivity contribution in [2.24, 2.45) is 0 Å². The lowest BCUT2D eigenvalue weighted by atomic mass is 10.2. The Hall–Kier alpha value is -3.10. The van der Waals surface area contributed by atoms with E-state index in [1.54, 1.807) is 13.8 Å². The van der Waals surface area contributed by atoms with Gasteiger partial charge in [-0.1, -0.05) is 43.1 Å². The number of sulfonamides is 1. The topological polar surface area (TPSA) is 115 Å². The van der Waals surface area contributed by atoms with Gasteiger partial charge in [-0.05, 0) is 30.3 Å². The average molecular weight is 539 g/mol. The van der Waals surface area contributed by atoms with Crippen LogP contribution in [0, 0.1) is 17.1 Å². The van der Waals surface area contributed by atoms with Gasteiger partial charge in [0.05, 0.1) is 16.7 Å². The van der Waals surface area contributed by atoms with Crippen molar-refractivity contribution in [3.8, 4) is 17.6 Å². The summed E-state index contributed by atoms with van der Waals surface area (Å²) in [5.41, 5.74) is 0.299. The Morgan fingerprint density at radius 1 is 1.20 bits per heavy atom. The molecule has 35 heavy (non-hydrogen) atoms. The molecular formula is C23H21Cl2FN4O4S. The lowest BCUT2D eigenvalue weighted by Gasteiger charge is -2.16. The van der Waals surface area contributed by atoms with Gasteiger partial charge >= 0.3 is 0 Å². The number of rotatable bonds is 9. The first kappa shape index (κ1) is 26.5. The van der Waals surface area contributed by atoms with Crippen LogP contribution >= 0.6 is 23.2 Å². The summed E-state index contributed by atoms with van der Waals surface area (Å²) in [4.78, 5) is 15.1. The predicted octanol–water partition coefficient (Wildman–Crippen LogP) is 5.09. The van der Waals surface area contributed by atoms with E-state index in [2.05, 4.69) is 10.3 Å². The number of hydrogen-bond donors (Lipinski definition) is 2. The fourth-order valence-electron chi connectivity index (χ4n) is 3.25. The molecule has 2 aromatic carbocycles. The van der Waals surface area contributed by atoms with Crippen LogP contribution in [0.4, 0.5) is 4.39 Å². The second-order valence-corrected chi connectivity index (χ2v) is 10.0. The molecule has 8 nitrogen and oxygen atoms in total. The third-order valence-corrected chi connectivity index (χ3v) is 7.58. The van der Waals surface area contributed by atoms with Crippen LogP contribution in [0.1, 0.15) is 35.5 Å². The summed E-state index contributed by atoms with van der Waals surface area (Å²) in [5.74, 6) is -1.62. The summed E-state index contributed by atoms with van der Waals surface area (Å²) in [6.07, 6.45) is 1.23. The Balaban J connectivity index is 1.77. The van der Waals surface area contributed by atoms with E-state index in [4.69, 9.17) is 33.2 Å². The summed E-state index contributed by atoms with van der Waals surface area (Å²) in [7, 11) is -3.73. The number of nitrogens with one attached hydrogen (secondary N) is 2. The monoisotopic (exact) mass is 538 g/mol. The Labute approximate surface area is 212 Å². The van der Waals surface area contributed by atoms with E-state index in [1.807, 2.05) is 6.07 Å². The van der Waals surface area contributed by atoms with Gasteiger partial charge in [-0.25, -0.2) is 12.8 Å². The smallest absolute Gasteiger partial charge is 0.268 e. The maximum atomic E-state index is 15.1. The fourth-order valence-corrected chi connectivity index (χ4v) is 5.11. The lowest BCUT2D eigenvalue weighted by molar-refractivity contribution is 0.0946. The van der Waals surface area contributed by atoms with Gasteiger partial charge in [0.25, 0.3) is 5.91 Å². The zero-order chi connectivity index (χ0) is 25.8. The average Bonchev–Trinajstić information content (AvgIpc) is 3.33. The van der Waals surface area contributed by atoms with Crippen molar-refractivity contribution in [2.45, 2.75) is 25.3 Å². The highest BCUT2D eigenvalue weighted by atomic mass is 35.5. The molecule has 0 unspecified atom stereocenters. The van der Waals surface area contributed by atoms with Crippen molar-refractivity contribution in [1.29, 1.82) is 5.26 Å². The minimum absolute atomic E-state index is 0.00420. The molecule has 3 rings (SSSR count). The van der Waals surface area contributed by atoms with Crippen LogP contribution in [0.15, 0.2) is 47.5 Å². The van der Waals surface area contributed by atoms with Gasteiger partial charge in [-0.3, -0.25) is 4.79 Å². The number of ether oxygens (including phenoxy) is 1. The van der Waals surface area contributed by atoms with E-state index in [0.29, 0.717) is 13.1 Å². The van der Waals surface area contributed by atoms with Crippen molar-refractivity contribution >= 4 is 39.1 Å².